The number of pyridine rings is 2. The SMILES string of the molecule is O=c1[nH]c2cc3c(cc2cc1[C@@H](c1nnnn1C[C@H]1CCCO1)N(Cc1cccnc1)Cc1ccco1)OCO3. The van der Waals surface area contributed by atoms with Crippen molar-refractivity contribution in [2.24, 2.45) is 0 Å². The van der Waals surface area contributed by atoms with Crippen LogP contribution in [0.15, 0.2) is 70.3 Å². The molecule has 0 unspecified atom stereocenters. The number of tetrazole rings is 1. The van der Waals surface area contributed by atoms with Gasteiger partial charge in [0.15, 0.2) is 17.3 Å². The summed E-state index contributed by atoms with van der Waals surface area (Å²) in [6.45, 7) is 2.22. The number of fused-ring (bicyclic) bond motifs is 2. The zero-order valence-electron chi connectivity index (χ0n) is 21.6. The van der Waals surface area contributed by atoms with Crippen LogP contribution in [0.1, 0.15) is 41.6 Å². The Morgan fingerprint density at radius 3 is 2.85 bits per heavy atom. The molecular formula is C28H27N7O5. The summed E-state index contributed by atoms with van der Waals surface area (Å²) in [5.74, 6) is 2.52. The Kier molecular flexibility index (Phi) is 6.46. The normalized spacial score (nSPS) is 17.2. The van der Waals surface area contributed by atoms with E-state index >= 15 is 0 Å². The van der Waals surface area contributed by atoms with E-state index in [1.54, 1.807) is 23.2 Å². The van der Waals surface area contributed by atoms with Crippen LogP contribution in [0.3, 0.4) is 0 Å². The summed E-state index contributed by atoms with van der Waals surface area (Å²) in [7, 11) is 0. The molecule has 0 amide bonds. The van der Waals surface area contributed by atoms with Crippen molar-refractivity contribution >= 4 is 10.9 Å². The lowest BCUT2D eigenvalue weighted by atomic mass is 10.0. The van der Waals surface area contributed by atoms with Gasteiger partial charge in [0.2, 0.25) is 6.79 Å². The number of aromatic nitrogens is 6. The molecule has 0 spiro atoms. The minimum atomic E-state index is -0.625. The molecule has 1 N–H and O–H groups in total. The lowest BCUT2D eigenvalue weighted by Crippen LogP contribution is -2.35. The molecule has 1 saturated heterocycles. The maximum atomic E-state index is 13.8. The number of aromatic amines is 1. The maximum Gasteiger partial charge on any atom is 0.253 e. The molecule has 12 heteroatoms. The Bertz CT molecular complexity index is 1660. The van der Waals surface area contributed by atoms with Crippen LogP contribution in [-0.2, 0) is 24.4 Å². The summed E-state index contributed by atoms with van der Waals surface area (Å²) in [4.78, 5) is 23.3. The van der Waals surface area contributed by atoms with Gasteiger partial charge in [-0.15, -0.1) is 5.10 Å². The highest BCUT2D eigenvalue weighted by molar-refractivity contribution is 5.83. The number of ether oxygens (including phenoxy) is 3. The van der Waals surface area contributed by atoms with Crippen molar-refractivity contribution in [3.05, 3.63) is 94.2 Å². The van der Waals surface area contributed by atoms with Gasteiger partial charge >= 0.3 is 0 Å². The monoisotopic (exact) mass is 541 g/mol. The van der Waals surface area contributed by atoms with Crippen LogP contribution in [0.25, 0.3) is 10.9 Å². The van der Waals surface area contributed by atoms with Gasteiger partial charge in [-0.2, -0.15) is 0 Å². The average Bonchev–Trinajstić information content (AvgIpc) is 3.78. The first-order chi connectivity index (χ1) is 19.7. The van der Waals surface area contributed by atoms with Gasteiger partial charge in [-0.05, 0) is 59.2 Å². The van der Waals surface area contributed by atoms with Crippen molar-refractivity contribution in [1.29, 1.82) is 0 Å². The van der Waals surface area contributed by atoms with E-state index in [1.807, 2.05) is 42.6 Å². The number of hydrogen-bond donors (Lipinski definition) is 1. The van der Waals surface area contributed by atoms with E-state index in [4.69, 9.17) is 18.6 Å². The van der Waals surface area contributed by atoms with Gasteiger partial charge in [-0.25, -0.2) is 4.68 Å². The van der Waals surface area contributed by atoms with E-state index < -0.39 is 6.04 Å². The second-order valence-corrected chi connectivity index (χ2v) is 9.95. The molecule has 0 saturated carbocycles. The summed E-state index contributed by atoms with van der Waals surface area (Å²) in [6, 6.07) is 12.6. The summed E-state index contributed by atoms with van der Waals surface area (Å²) < 4.78 is 24.5. The summed E-state index contributed by atoms with van der Waals surface area (Å²) in [5.41, 5.74) is 1.86. The maximum absolute atomic E-state index is 13.8. The third kappa shape index (κ3) is 4.82. The second-order valence-electron chi connectivity index (χ2n) is 9.95. The molecular weight excluding hydrogens is 514 g/mol. The molecule has 1 fully saturated rings. The van der Waals surface area contributed by atoms with Crippen LogP contribution in [-0.4, -0.2) is 54.6 Å². The molecule has 2 aliphatic rings. The van der Waals surface area contributed by atoms with Crippen molar-refractivity contribution in [3.63, 3.8) is 0 Å². The fourth-order valence-corrected chi connectivity index (χ4v) is 5.40. The number of benzene rings is 1. The van der Waals surface area contributed by atoms with E-state index in [0.29, 0.717) is 48.0 Å². The van der Waals surface area contributed by atoms with Gasteiger partial charge in [0.25, 0.3) is 5.56 Å². The number of hydrogen-bond acceptors (Lipinski definition) is 10. The van der Waals surface area contributed by atoms with Gasteiger partial charge in [-0.3, -0.25) is 14.7 Å². The van der Waals surface area contributed by atoms with Crippen LogP contribution in [0.2, 0.25) is 0 Å². The van der Waals surface area contributed by atoms with Gasteiger partial charge in [0.05, 0.1) is 31.0 Å². The Balaban J connectivity index is 1.38. The van der Waals surface area contributed by atoms with E-state index in [9.17, 15) is 4.79 Å². The molecule has 12 nitrogen and oxygen atoms in total. The summed E-state index contributed by atoms with van der Waals surface area (Å²) >= 11 is 0. The molecule has 204 valence electrons. The Hall–Kier alpha value is -4.55. The molecule has 7 rings (SSSR count). The number of rotatable bonds is 9. The zero-order valence-corrected chi connectivity index (χ0v) is 21.6. The predicted octanol–water partition coefficient (Wildman–Crippen LogP) is 3.20. The first-order valence-electron chi connectivity index (χ1n) is 13.2. The third-order valence-corrected chi connectivity index (χ3v) is 7.28. The molecule has 2 aliphatic heterocycles. The summed E-state index contributed by atoms with van der Waals surface area (Å²) in [5, 5.41) is 13.6. The topological polar surface area (TPSA) is 133 Å². The number of nitrogens with zero attached hydrogens (tertiary/aromatic N) is 6. The largest absolute Gasteiger partial charge is 0.468 e. The quantitative estimate of drug-likeness (QED) is 0.297. The van der Waals surface area contributed by atoms with Crippen LogP contribution in [0.5, 0.6) is 11.5 Å². The van der Waals surface area contributed by atoms with Crippen LogP contribution in [0.4, 0.5) is 0 Å². The smallest absolute Gasteiger partial charge is 0.253 e. The highest BCUT2D eigenvalue weighted by Gasteiger charge is 2.33. The molecule has 2 atom stereocenters. The van der Waals surface area contributed by atoms with Gasteiger partial charge in [0, 0.05) is 42.6 Å². The van der Waals surface area contributed by atoms with Crippen molar-refractivity contribution in [2.75, 3.05) is 13.4 Å². The van der Waals surface area contributed by atoms with Crippen molar-refractivity contribution in [2.45, 2.75) is 44.6 Å². The lowest BCUT2D eigenvalue weighted by Gasteiger charge is -2.30. The Morgan fingerprint density at radius 2 is 2.05 bits per heavy atom. The standard InChI is InChI=1S/C28H27N7O5/c36-28-22(10-19-11-24-25(40-17-39-24)12-23(19)30-28)26(27-31-32-33-35(27)16-21-6-3-9-38-21)34(15-20-5-2-8-37-20)14-18-4-1-7-29-13-18/h1-2,4-5,7-8,10-13,21,26H,3,6,9,14-17H2,(H,30,36)/t21-,26+/m1/s1. The average molecular weight is 542 g/mol. The van der Waals surface area contributed by atoms with Crippen molar-refractivity contribution < 1.29 is 18.6 Å². The Labute approximate surface area is 228 Å². The highest BCUT2D eigenvalue weighted by atomic mass is 16.7. The minimum absolute atomic E-state index is 0.00868. The van der Waals surface area contributed by atoms with Gasteiger partial charge < -0.3 is 23.6 Å². The minimum Gasteiger partial charge on any atom is -0.468 e. The number of H-pyrrole nitrogens is 1. The van der Waals surface area contributed by atoms with E-state index in [1.165, 1.54) is 0 Å². The Morgan fingerprint density at radius 1 is 1.12 bits per heavy atom. The molecule has 40 heavy (non-hydrogen) atoms. The fourth-order valence-electron chi connectivity index (χ4n) is 5.40. The molecule has 0 radical (unpaired) electrons. The molecule has 6 heterocycles. The fraction of sp³-hybridized carbons (Fsp3) is 0.321. The van der Waals surface area contributed by atoms with Gasteiger partial charge in [-0.1, -0.05) is 6.07 Å². The van der Waals surface area contributed by atoms with Gasteiger partial charge in [0.1, 0.15) is 11.8 Å². The van der Waals surface area contributed by atoms with Crippen LogP contribution in [0, 0.1) is 0 Å². The van der Waals surface area contributed by atoms with Crippen molar-refractivity contribution in [3.8, 4) is 11.5 Å². The van der Waals surface area contributed by atoms with E-state index in [-0.39, 0.29) is 18.5 Å². The molecule has 0 aliphatic carbocycles. The van der Waals surface area contributed by atoms with E-state index in [0.717, 1.165) is 36.2 Å². The lowest BCUT2D eigenvalue weighted by molar-refractivity contribution is 0.0901. The first kappa shape index (κ1) is 24.5. The second kappa shape index (κ2) is 10.5. The third-order valence-electron chi connectivity index (χ3n) is 7.28. The molecule has 5 aromatic rings. The van der Waals surface area contributed by atoms with Crippen LogP contribution >= 0.6 is 0 Å². The van der Waals surface area contributed by atoms with Crippen molar-refractivity contribution in [1.82, 2.24) is 35.1 Å². The molecule has 0 bridgehead atoms. The number of nitrogens with one attached hydrogen (secondary N) is 1. The molecule has 4 aromatic heterocycles. The molecule has 1 aromatic carbocycles. The predicted molar refractivity (Wildman–Crippen MR) is 142 cm³/mol. The first-order valence-corrected chi connectivity index (χ1v) is 13.2. The number of furan rings is 1. The van der Waals surface area contributed by atoms with E-state index in [2.05, 4.69) is 30.4 Å². The zero-order chi connectivity index (χ0) is 26.9. The highest BCUT2D eigenvalue weighted by Crippen LogP contribution is 2.37. The summed E-state index contributed by atoms with van der Waals surface area (Å²) in [6.07, 6.45) is 7.12. The van der Waals surface area contributed by atoms with Crippen LogP contribution < -0.4 is 15.0 Å².